The first-order valence-corrected chi connectivity index (χ1v) is 8.46. The maximum absolute atomic E-state index is 10.00. The molecule has 0 aliphatic heterocycles. The SMILES string of the molecule is CCCCCCC.CCCCCCOS(=O)(=O)O. The Morgan fingerprint density at radius 2 is 1.17 bits per heavy atom. The van der Waals surface area contributed by atoms with Crippen molar-refractivity contribution in [3.8, 4) is 0 Å². The second-order valence-corrected chi connectivity index (χ2v) is 5.46. The summed E-state index contributed by atoms with van der Waals surface area (Å²) in [7, 11) is -4.21. The quantitative estimate of drug-likeness (QED) is 0.477. The molecule has 0 rings (SSSR count). The Hall–Kier alpha value is -0.130. The van der Waals surface area contributed by atoms with Gasteiger partial charge in [0.2, 0.25) is 0 Å². The second-order valence-electron chi connectivity index (χ2n) is 4.37. The molecule has 0 aliphatic rings. The van der Waals surface area contributed by atoms with Crippen molar-refractivity contribution in [3.63, 3.8) is 0 Å². The highest BCUT2D eigenvalue weighted by Gasteiger charge is 2.01. The molecule has 0 unspecified atom stereocenters. The van der Waals surface area contributed by atoms with E-state index in [4.69, 9.17) is 4.55 Å². The van der Waals surface area contributed by atoms with E-state index in [2.05, 4.69) is 25.0 Å². The van der Waals surface area contributed by atoms with Gasteiger partial charge in [-0.25, -0.2) is 4.18 Å². The van der Waals surface area contributed by atoms with Gasteiger partial charge < -0.3 is 0 Å². The Kier molecular flexibility index (Phi) is 16.7. The molecule has 0 aromatic rings. The van der Waals surface area contributed by atoms with Gasteiger partial charge in [0, 0.05) is 0 Å². The molecule has 0 spiro atoms. The Labute approximate surface area is 113 Å². The van der Waals surface area contributed by atoms with Crippen LogP contribution in [-0.2, 0) is 14.6 Å². The predicted octanol–water partition coefficient (Wildman–Crippen LogP) is 4.36. The molecule has 112 valence electrons. The lowest BCUT2D eigenvalue weighted by atomic mass is 10.2. The standard InChI is InChI=1S/C7H16.C6H14O4S/c1-3-5-7-6-4-2;1-2-3-4-5-6-10-11(7,8)9/h3-7H2,1-2H3;2-6H2,1H3,(H,7,8,9). The molecule has 0 aliphatic carbocycles. The van der Waals surface area contributed by atoms with E-state index in [-0.39, 0.29) is 6.61 Å². The van der Waals surface area contributed by atoms with Gasteiger partial charge in [0.25, 0.3) is 0 Å². The fourth-order valence-electron chi connectivity index (χ4n) is 1.37. The molecular formula is C13H30O4S. The normalized spacial score (nSPS) is 10.9. The van der Waals surface area contributed by atoms with E-state index in [0.29, 0.717) is 6.42 Å². The summed E-state index contributed by atoms with van der Waals surface area (Å²) >= 11 is 0. The minimum atomic E-state index is -4.21. The van der Waals surface area contributed by atoms with Crippen LogP contribution in [0, 0.1) is 0 Å². The van der Waals surface area contributed by atoms with E-state index in [1.165, 1.54) is 32.1 Å². The van der Waals surface area contributed by atoms with Gasteiger partial charge in [0.05, 0.1) is 6.61 Å². The van der Waals surface area contributed by atoms with Crippen molar-refractivity contribution in [2.24, 2.45) is 0 Å². The molecule has 0 fully saturated rings. The summed E-state index contributed by atoms with van der Waals surface area (Å²) in [4.78, 5) is 0. The fraction of sp³-hybridized carbons (Fsp3) is 1.00. The van der Waals surface area contributed by atoms with E-state index in [1.54, 1.807) is 0 Å². The summed E-state index contributed by atoms with van der Waals surface area (Å²) in [6.45, 7) is 6.63. The van der Waals surface area contributed by atoms with Crippen LogP contribution in [0.2, 0.25) is 0 Å². The highest BCUT2D eigenvalue weighted by atomic mass is 32.3. The molecular weight excluding hydrogens is 252 g/mol. The molecule has 1 N–H and O–H groups in total. The van der Waals surface area contributed by atoms with Crippen molar-refractivity contribution in [1.82, 2.24) is 0 Å². The molecule has 0 heterocycles. The Balaban J connectivity index is 0. The number of hydrogen-bond donors (Lipinski definition) is 1. The summed E-state index contributed by atoms with van der Waals surface area (Å²) in [6.07, 6.45) is 10.8. The highest BCUT2D eigenvalue weighted by Crippen LogP contribution is 2.00. The summed E-state index contributed by atoms with van der Waals surface area (Å²) < 4.78 is 32.2. The maximum Gasteiger partial charge on any atom is 0.397 e. The van der Waals surface area contributed by atoms with Crippen LogP contribution in [-0.4, -0.2) is 19.6 Å². The average Bonchev–Trinajstić information content (AvgIpc) is 2.29. The highest BCUT2D eigenvalue weighted by molar-refractivity contribution is 7.80. The van der Waals surface area contributed by atoms with E-state index >= 15 is 0 Å². The fourth-order valence-corrected chi connectivity index (χ4v) is 1.70. The maximum atomic E-state index is 10.00. The van der Waals surface area contributed by atoms with Crippen LogP contribution in [0.25, 0.3) is 0 Å². The molecule has 0 radical (unpaired) electrons. The zero-order valence-corrected chi connectivity index (χ0v) is 13.0. The van der Waals surface area contributed by atoms with Crippen LogP contribution in [0.15, 0.2) is 0 Å². The first-order chi connectivity index (χ1) is 8.47. The van der Waals surface area contributed by atoms with Gasteiger partial charge in [-0.2, -0.15) is 8.42 Å². The minimum absolute atomic E-state index is 0.0822. The van der Waals surface area contributed by atoms with Crippen LogP contribution < -0.4 is 0 Å². The molecule has 4 nitrogen and oxygen atoms in total. The molecule has 0 saturated heterocycles. The van der Waals surface area contributed by atoms with Crippen LogP contribution in [0.4, 0.5) is 0 Å². The summed E-state index contributed by atoms with van der Waals surface area (Å²) in [6, 6.07) is 0. The van der Waals surface area contributed by atoms with Crippen molar-refractivity contribution >= 4 is 10.4 Å². The first-order valence-electron chi connectivity index (χ1n) is 7.09. The van der Waals surface area contributed by atoms with Crippen molar-refractivity contribution in [1.29, 1.82) is 0 Å². The molecule has 0 saturated carbocycles. The van der Waals surface area contributed by atoms with Crippen LogP contribution in [0.3, 0.4) is 0 Å². The third kappa shape index (κ3) is 24.9. The minimum Gasteiger partial charge on any atom is -0.264 e. The smallest absolute Gasteiger partial charge is 0.264 e. The van der Waals surface area contributed by atoms with Crippen molar-refractivity contribution in [3.05, 3.63) is 0 Å². The van der Waals surface area contributed by atoms with Gasteiger partial charge in [-0.1, -0.05) is 72.1 Å². The van der Waals surface area contributed by atoms with Gasteiger partial charge >= 0.3 is 10.4 Å². The van der Waals surface area contributed by atoms with E-state index in [1.807, 2.05) is 0 Å². The van der Waals surface area contributed by atoms with Crippen LogP contribution in [0.5, 0.6) is 0 Å². The Morgan fingerprint density at radius 3 is 1.50 bits per heavy atom. The van der Waals surface area contributed by atoms with Crippen molar-refractivity contribution in [2.45, 2.75) is 78.6 Å². The Bertz CT molecular complexity index is 233. The lowest BCUT2D eigenvalue weighted by Crippen LogP contribution is -2.04. The van der Waals surface area contributed by atoms with Crippen LogP contribution in [0.1, 0.15) is 78.6 Å². The lowest BCUT2D eigenvalue weighted by molar-refractivity contribution is 0.261. The predicted molar refractivity (Wildman–Crippen MR) is 76.1 cm³/mol. The molecule has 0 aromatic carbocycles. The molecule has 5 heteroatoms. The summed E-state index contributed by atoms with van der Waals surface area (Å²) in [5.41, 5.74) is 0. The monoisotopic (exact) mass is 282 g/mol. The second kappa shape index (κ2) is 14.9. The van der Waals surface area contributed by atoms with Crippen molar-refractivity contribution in [2.75, 3.05) is 6.61 Å². The summed E-state index contributed by atoms with van der Waals surface area (Å²) in [5.74, 6) is 0. The Morgan fingerprint density at radius 1 is 0.778 bits per heavy atom. The van der Waals surface area contributed by atoms with E-state index in [0.717, 1.165) is 19.3 Å². The zero-order valence-electron chi connectivity index (χ0n) is 12.2. The molecule has 0 amide bonds. The first kappa shape index (κ1) is 20.2. The van der Waals surface area contributed by atoms with Gasteiger partial charge in [0.15, 0.2) is 0 Å². The average molecular weight is 282 g/mol. The van der Waals surface area contributed by atoms with Crippen molar-refractivity contribution < 1.29 is 17.2 Å². The van der Waals surface area contributed by atoms with E-state index in [9.17, 15) is 8.42 Å². The van der Waals surface area contributed by atoms with Gasteiger partial charge in [-0.15, -0.1) is 0 Å². The largest absolute Gasteiger partial charge is 0.397 e. The van der Waals surface area contributed by atoms with Gasteiger partial charge in [0.1, 0.15) is 0 Å². The number of hydrogen-bond acceptors (Lipinski definition) is 3. The van der Waals surface area contributed by atoms with Crippen LogP contribution >= 0.6 is 0 Å². The third-order valence-corrected chi connectivity index (χ3v) is 2.90. The third-order valence-electron chi connectivity index (χ3n) is 2.44. The number of unbranched alkanes of at least 4 members (excludes halogenated alkanes) is 7. The molecule has 0 aromatic heterocycles. The molecule has 0 atom stereocenters. The lowest BCUT2D eigenvalue weighted by Gasteiger charge is -1.98. The molecule has 18 heavy (non-hydrogen) atoms. The zero-order chi connectivity index (χ0) is 14.3. The van der Waals surface area contributed by atoms with E-state index < -0.39 is 10.4 Å². The molecule has 0 bridgehead atoms. The number of rotatable bonds is 10. The summed E-state index contributed by atoms with van der Waals surface area (Å²) in [5, 5.41) is 0. The van der Waals surface area contributed by atoms with Gasteiger partial charge in [-0.3, -0.25) is 4.55 Å². The topological polar surface area (TPSA) is 63.6 Å². The van der Waals surface area contributed by atoms with Gasteiger partial charge in [-0.05, 0) is 6.42 Å².